The average molecular weight is 373 g/mol. The zero-order valence-electron chi connectivity index (χ0n) is 15.4. The summed E-state index contributed by atoms with van der Waals surface area (Å²) in [5.41, 5.74) is 3.76. The number of hydrogen-bond acceptors (Lipinski definition) is 5. The highest BCUT2D eigenvalue weighted by Crippen LogP contribution is 2.25. The van der Waals surface area contributed by atoms with Crippen LogP contribution >= 0.6 is 0 Å². The molecule has 2 aromatic heterocycles. The predicted molar refractivity (Wildman–Crippen MR) is 106 cm³/mol. The highest BCUT2D eigenvalue weighted by Gasteiger charge is 2.13. The Labute approximate surface area is 162 Å². The van der Waals surface area contributed by atoms with Gasteiger partial charge in [-0.2, -0.15) is 0 Å². The summed E-state index contributed by atoms with van der Waals surface area (Å²) in [5, 5.41) is 11.0. The lowest BCUT2D eigenvalue weighted by Gasteiger charge is -2.06. The molecule has 140 valence electrons. The molecule has 4 aromatic rings. The lowest BCUT2D eigenvalue weighted by molar-refractivity contribution is -0.116. The highest BCUT2D eigenvalue weighted by atomic mass is 16.4. The van der Waals surface area contributed by atoms with E-state index in [-0.39, 0.29) is 5.91 Å². The van der Waals surface area contributed by atoms with E-state index in [2.05, 4.69) is 39.8 Å². The Morgan fingerprint density at radius 3 is 2.61 bits per heavy atom. The third-order valence-corrected chi connectivity index (χ3v) is 4.31. The Balaban J connectivity index is 1.41. The second-order valence-electron chi connectivity index (χ2n) is 6.50. The first-order chi connectivity index (χ1) is 13.7. The second kappa shape index (κ2) is 7.92. The van der Waals surface area contributed by atoms with Gasteiger partial charge in [0.15, 0.2) is 5.76 Å². The zero-order chi connectivity index (χ0) is 19.3. The summed E-state index contributed by atoms with van der Waals surface area (Å²) in [7, 11) is 0. The van der Waals surface area contributed by atoms with Crippen molar-refractivity contribution in [2.24, 2.45) is 0 Å². The van der Waals surface area contributed by atoms with Gasteiger partial charge in [-0.1, -0.05) is 35.9 Å². The van der Waals surface area contributed by atoms with E-state index in [1.54, 1.807) is 18.4 Å². The molecule has 0 unspecified atom stereocenters. The van der Waals surface area contributed by atoms with Crippen molar-refractivity contribution in [3.05, 3.63) is 78.1 Å². The van der Waals surface area contributed by atoms with E-state index in [1.165, 1.54) is 5.56 Å². The summed E-state index contributed by atoms with van der Waals surface area (Å²) in [4.78, 5) is 12.3. The summed E-state index contributed by atoms with van der Waals surface area (Å²) in [6.45, 7) is 2.05. The number of benzene rings is 2. The largest absolute Gasteiger partial charge is 0.459 e. The Bertz CT molecular complexity index is 1070. The van der Waals surface area contributed by atoms with Gasteiger partial charge in [0.1, 0.15) is 0 Å². The first-order valence-electron chi connectivity index (χ1n) is 9.00. The van der Waals surface area contributed by atoms with Crippen LogP contribution in [0.5, 0.6) is 0 Å². The summed E-state index contributed by atoms with van der Waals surface area (Å²) < 4.78 is 10.9. The van der Waals surface area contributed by atoms with Crippen LogP contribution in [-0.2, 0) is 11.2 Å². The van der Waals surface area contributed by atoms with Crippen molar-refractivity contribution < 1.29 is 13.6 Å². The van der Waals surface area contributed by atoms with Crippen molar-refractivity contribution in [1.82, 2.24) is 10.2 Å². The number of aryl methyl sites for hydroxylation is 2. The molecule has 0 saturated heterocycles. The Morgan fingerprint density at radius 1 is 1.00 bits per heavy atom. The van der Waals surface area contributed by atoms with Crippen molar-refractivity contribution in [3.8, 4) is 23.1 Å². The first-order valence-corrected chi connectivity index (χ1v) is 9.00. The zero-order valence-corrected chi connectivity index (χ0v) is 15.4. The maximum Gasteiger partial charge on any atom is 0.283 e. The number of furan rings is 1. The molecule has 0 radical (unpaired) electrons. The van der Waals surface area contributed by atoms with Crippen LogP contribution in [0.4, 0.5) is 5.69 Å². The van der Waals surface area contributed by atoms with Crippen LogP contribution in [0, 0.1) is 6.92 Å². The lowest BCUT2D eigenvalue weighted by Crippen LogP contribution is -2.12. The predicted octanol–water partition coefficient (Wildman–Crippen LogP) is 4.88. The Morgan fingerprint density at radius 2 is 1.82 bits per heavy atom. The second-order valence-corrected chi connectivity index (χ2v) is 6.50. The molecule has 0 aliphatic carbocycles. The topological polar surface area (TPSA) is 81.2 Å². The van der Waals surface area contributed by atoms with Gasteiger partial charge in [-0.3, -0.25) is 4.79 Å². The molecule has 0 atom stereocenters. The monoisotopic (exact) mass is 373 g/mol. The first kappa shape index (κ1) is 17.7. The number of nitrogens with one attached hydrogen (secondary N) is 1. The Hall–Kier alpha value is -3.67. The highest BCUT2D eigenvalue weighted by molar-refractivity contribution is 5.91. The molecule has 6 nitrogen and oxygen atoms in total. The molecule has 2 heterocycles. The maximum absolute atomic E-state index is 12.3. The van der Waals surface area contributed by atoms with Gasteiger partial charge in [0, 0.05) is 17.7 Å². The quantitative estimate of drug-likeness (QED) is 0.521. The normalized spacial score (nSPS) is 10.8. The summed E-state index contributed by atoms with van der Waals surface area (Å²) in [5.74, 6) is 1.15. The van der Waals surface area contributed by atoms with Crippen LogP contribution in [0.2, 0.25) is 0 Å². The average Bonchev–Trinajstić information content (AvgIpc) is 3.39. The van der Waals surface area contributed by atoms with E-state index in [0.717, 1.165) is 11.1 Å². The number of hydrogen-bond donors (Lipinski definition) is 1. The number of nitrogens with zero attached hydrogens (tertiary/aromatic N) is 2. The number of aromatic nitrogens is 2. The van der Waals surface area contributed by atoms with Crippen LogP contribution in [0.25, 0.3) is 23.1 Å². The lowest BCUT2D eigenvalue weighted by atomic mass is 10.1. The molecule has 1 N–H and O–H groups in total. The van der Waals surface area contributed by atoms with Gasteiger partial charge in [-0.05, 0) is 49.2 Å². The number of carbonyl (C=O) groups is 1. The van der Waals surface area contributed by atoms with Gasteiger partial charge < -0.3 is 14.2 Å². The Kier molecular flexibility index (Phi) is 5.01. The van der Waals surface area contributed by atoms with Crippen molar-refractivity contribution in [1.29, 1.82) is 0 Å². The van der Waals surface area contributed by atoms with Gasteiger partial charge in [-0.25, -0.2) is 0 Å². The fraction of sp³-hybridized carbons (Fsp3) is 0.136. The van der Waals surface area contributed by atoms with Gasteiger partial charge in [0.2, 0.25) is 11.8 Å². The third kappa shape index (κ3) is 4.17. The van der Waals surface area contributed by atoms with Crippen molar-refractivity contribution in [3.63, 3.8) is 0 Å². The molecular formula is C22H19N3O3. The van der Waals surface area contributed by atoms with E-state index < -0.39 is 0 Å². The van der Waals surface area contributed by atoms with Crippen molar-refractivity contribution in [2.75, 3.05) is 5.32 Å². The van der Waals surface area contributed by atoms with E-state index in [9.17, 15) is 4.79 Å². The fourth-order valence-electron chi connectivity index (χ4n) is 2.81. The standard InChI is InChI=1S/C22H19N3O3/c1-15-7-9-16(10-8-15)11-12-20(26)23-18-5-2-4-17(14-18)21-24-25-22(28-21)19-6-3-13-27-19/h2-10,13-14H,11-12H2,1H3,(H,23,26). The SMILES string of the molecule is Cc1ccc(CCC(=O)Nc2cccc(-c3nnc(-c4ccco4)o3)c2)cc1. The van der Waals surface area contributed by atoms with Gasteiger partial charge >= 0.3 is 0 Å². The maximum atomic E-state index is 12.3. The molecule has 6 heteroatoms. The summed E-state index contributed by atoms with van der Waals surface area (Å²) in [6, 6.07) is 19.0. The molecule has 0 fully saturated rings. The summed E-state index contributed by atoms with van der Waals surface area (Å²) in [6.07, 6.45) is 2.66. The number of amides is 1. The summed E-state index contributed by atoms with van der Waals surface area (Å²) >= 11 is 0. The van der Waals surface area contributed by atoms with Crippen LogP contribution in [-0.4, -0.2) is 16.1 Å². The molecule has 0 saturated carbocycles. The molecule has 0 spiro atoms. The molecule has 1 amide bonds. The van der Waals surface area contributed by atoms with Crippen molar-refractivity contribution in [2.45, 2.75) is 19.8 Å². The molecule has 0 aliphatic heterocycles. The molecule has 0 aliphatic rings. The molecule has 28 heavy (non-hydrogen) atoms. The number of carbonyl (C=O) groups excluding carboxylic acids is 1. The fourth-order valence-corrected chi connectivity index (χ4v) is 2.81. The molecular weight excluding hydrogens is 354 g/mol. The van der Waals surface area contributed by atoms with E-state index in [4.69, 9.17) is 8.83 Å². The van der Waals surface area contributed by atoms with E-state index in [1.807, 2.05) is 31.2 Å². The van der Waals surface area contributed by atoms with Crippen molar-refractivity contribution >= 4 is 11.6 Å². The number of rotatable bonds is 6. The van der Waals surface area contributed by atoms with Gasteiger partial charge in [-0.15, -0.1) is 10.2 Å². The van der Waals surface area contributed by atoms with E-state index >= 15 is 0 Å². The minimum Gasteiger partial charge on any atom is -0.459 e. The van der Waals surface area contributed by atoms with Gasteiger partial charge in [0.25, 0.3) is 5.89 Å². The van der Waals surface area contributed by atoms with Gasteiger partial charge in [0.05, 0.1) is 6.26 Å². The minimum atomic E-state index is -0.0421. The third-order valence-electron chi connectivity index (χ3n) is 4.31. The van der Waals surface area contributed by atoms with E-state index in [0.29, 0.717) is 36.1 Å². The van der Waals surface area contributed by atoms with Crippen LogP contribution < -0.4 is 5.32 Å². The molecule has 4 rings (SSSR count). The van der Waals surface area contributed by atoms with Crippen LogP contribution in [0.1, 0.15) is 17.5 Å². The van der Waals surface area contributed by atoms with Crippen LogP contribution in [0.15, 0.2) is 75.8 Å². The number of anilines is 1. The minimum absolute atomic E-state index is 0.0421. The molecule has 0 bridgehead atoms. The van der Waals surface area contributed by atoms with Crippen LogP contribution in [0.3, 0.4) is 0 Å². The molecule has 2 aromatic carbocycles. The smallest absolute Gasteiger partial charge is 0.283 e.